The van der Waals surface area contributed by atoms with Crippen molar-refractivity contribution in [3.8, 4) is 11.1 Å². The number of aryl methyl sites for hydroxylation is 1. The Morgan fingerprint density at radius 2 is 1.77 bits per heavy atom. The first-order chi connectivity index (χ1) is 16.8. The summed E-state index contributed by atoms with van der Waals surface area (Å²) in [4.78, 5) is 24.9. The van der Waals surface area contributed by atoms with E-state index in [4.69, 9.17) is 0 Å². The molecule has 0 spiro atoms. The number of carboxylic acid groups (broad SMARTS) is 1. The van der Waals surface area contributed by atoms with Crippen LogP contribution in [0.1, 0.15) is 68.3 Å². The van der Waals surface area contributed by atoms with Crippen LogP contribution in [0.25, 0.3) is 11.1 Å². The Morgan fingerprint density at radius 1 is 1.00 bits per heavy atom. The second kappa shape index (κ2) is 9.38. The van der Waals surface area contributed by atoms with Crippen LogP contribution in [0, 0.1) is 18.8 Å². The summed E-state index contributed by atoms with van der Waals surface area (Å²) in [5.41, 5.74) is 4.62. The van der Waals surface area contributed by atoms with Crippen molar-refractivity contribution in [2.24, 2.45) is 11.8 Å². The van der Waals surface area contributed by atoms with Crippen LogP contribution in [-0.2, 0) is 10.4 Å². The third-order valence-electron chi connectivity index (χ3n) is 7.49. The van der Waals surface area contributed by atoms with Crippen molar-refractivity contribution in [3.05, 3.63) is 65.7 Å². The monoisotopic (exact) mass is 472 g/mol. The molecule has 1 aromatic carbocycles. The molecule has 2 heterocycles. The Morgan fingerprint density at radius 3 is 2.43 bits per heavy atom. The van der Waals surface area contributed by atoms with Crippen LogP contribution in [0.3, 0.4) is 0 Å². The molecule has 0 bridgehead atoms. The number of hydrogen-bond acceptors (Lipinski definition) is 6. The molecule has 0 aliphatic heterocycles. The number of benzene rings is 1. The molecule has 0 radical (unpaired) electrons. The largest absolute Gasteiger partial charge is 0.481 e. The fourth-order valence-corrected chi connectivity index (χ4v) is 5.17. The van der Waals surface area contributed by atoms with Gasteiger partial charge in [-0.1, -0.05) is 12.1 Å². The van der Waals surface area contributed by atoms with Gasteiger partial charge in [-0.25, -0.2) is 9.97 Å². The number of nitrogens with one attached hydrogen (secondary N) is 1. The highest BCUT2D eigenvalue weighted by Gasteiger charge is 2.38. The number of aromatic nitrogens is 3. The number of aliphatic carboxylic acids is 1. The fourth-order valence-electron chi connectivity index (χ4n) is 5.17. The molecular formula is C28H32N4O3. The van der Waals surface area contributed by atoms with E-state index in [-0.39, 0.29) is 11.8 Å². The molecular weight excluding hydrogens is 440 g/mol. The average molecular weight is 473 g/mol. The van der Waals surface area contributed by atoms with E-state index in [9.17, 15) is 15.0 Å². The fraction of sp³-hybridized carbons (Fsp3) is 0.429. The third kappa shape index (κ3) is 5.20. The highest BCUT2D eigenvalue weighted by Crippen LogP contribution is 2.41. The molecule has 5 rings (SSSR count). The minimum absolute atomic E-state index is 0.00220. The summed E-state index contributed by atoms with van der Waals surface area (Å²) in [6, 6.07) is 12.1. The number of rotatable bonds is 7. The van der Waals surface area contributed by atoms with Gasteiger partial charge in [0.25, 0.3) is 0 Å². The predicted octanol–water partition coefficient (Wildman–Crippen LogP) is 5.57. The highest BCUT2D eigenvalue weighted by atomic mass is 16.4. The molecule has 1 atom stereocenters. The Kier molecular flexibility index (Phi) is 6.28. The predicted molar refractivity (Wildman–Crippen MR) is 134 cm³/mol. The van der Waals surface area contributed by atoms with Crippen LogP contribution in [0.2, 0.25) is 0 Å². The van der Waals surface area contributed by atoms with E-state index in [2.05, 4.69) is 45.4 Å². The number of nitrogens with zero attached hydrogens (tertiary/aromatic N) is 3. The summed E-state index contributed by atoms with van der Waals surface area (Å²) in [6.07, 6.45) is 8.57. The van der Waals surface area contributed by atoms with Crippen molar-refractivity contribution in [2.75, 3.05) is 5.32 Å². The molecule has 2 fully saturated rings. The van der Waals surface area contributed by atoms with Crippen molar-refractivity contribution in [1.82, 2.24) is 15.0 Å². The van der Waals surface area contributed by atoms with Gasteiger partial charge in [0.05, 0.1) is 11.6 Å². The number of carbonyl (C=O) groups is 1. The van der Waals surface area contributed by atoms with Gasteiger partial charge in [0.1, 0.15) is 5.60 Å². The minimum Gasteiger partial charge on any atom is -0.481 e. The van der Waals surface area contributed by atoms with Crippen LogP contribution in [-0.4, -0.2) is 31.1 Å². The standard InChI is InChI=1S/C28H32N4O3/c1-17-13-21(15-23(14-17)31-27-29-12-11-24(32-27)18-3-4-18)20-7-10-25(30-16-20)28(2,35)22-8-5-19(6-9-22)26(33)34/h7,10-16,18-19,22,35H,3-6,8-9H2,1-2H3,(H,33,34)(H,29,31,32)/t19?,22?,28-/m0/s1. The SMILES string of the molecule is Cc1cc(Nc2nccc(C3CC3)n2)cc(-c2ccc([C@@](C)(O)C3CCC(C(=O)O)CC3)nc2)c1. The second-order valence-corrected chi connectivity index (χ2v) is 10.3. The van der Waals surface area contributed by atoms with Crippen molar-refractivity contribution in [3.63, 3.8) is 0 Å². The average Bonchev–Trinajstić information content (AvgIpc) is 3.70. The first-order valence-corrected chi connectivity index (χ1v) is 12.4. The summed E-state index contributed by atoms with van der Waals surface area (Å²) >= 11 is 0. The van der Waals surface area contributed by atoms with Gasteiger partial charge in [-0.05, 0) is 93.7 Å². The van der Waals surface area contributed by atoms with Crippen molar-refractivity contribution in [1.29, 1.82) is 0 Å². The third-order valence-corrected chi connectivity index (χ3v) is 7.49. The maximum Gasteiger partial charge on any atom is 0.306 e. The first kappa shape index (κ1) is 23.4. The van der Waals surface area contributed by atoms with Gasteiger partial charge >= 0.3 is 5.97 Å². The molecule has 0 saturated heterocycles. The van der Waals surface area contributed by atoms with E-state index >= 15 is 0 Å². The van der Waals surface area contributed by atoms with Crippen LogP contribution >= 0.6 is 0 Å². The van der Waals surface area contributed by atoms with Crippen LogP contribution in [0.5, 0.6) is 0 Å². The minimum atomic E-state index is -1.09. The molecule has 0 unspecified atom stereocenters. The number of carboxylic acids is 1. The van der Waals surface area contributed by atoms with Crippen LogP contribution < -0.4 is 5.32 Å². The lowest BCUT2D eigenvalue weighted by Gasteiger charge is -2.36. The van der Waals surface area contributed by atoms with Gasteiger partial charge in [0.15, 0.2) is 0 Å². The van der Waals surface area contributed by atoms with Gasteiger partial charge in [0.2, 0.25) is 5.95 Å². The van der Waals surface area contributed by atoms with E-state index in [0.29, 0.717) is 43.2 Å². The number of aliphatic hydroxyl groups is 1. The maximum absolute atomic E-state index is 11.3. The number of pyridine rings is 1. The lowest BCUT2D eigenvalue weighted by molar-refractivity contribution is -0.144. The Bertz CT molecular complexity index is 1210. The molecule has 2 saturated carbocycles. The lowest BCUT2D eigenvalue weighted by Crippen LogP contribution is -2.36. The number of anilines is 2. The van der Waals surface area contributed by atoms with Crippen LogP contribution in [0.4, 0.5) is 11.6 Å². The van der Waals surface area contributed by atoms with E-state index in [0.717, 1.165) is 28.1 Å². The second-order valence-electron chi connectivity index (χ2n) is 10.3. The van der Waals surface area contributed by atoms with E-state index in [1.54, 1.807) is 13.1 Å². The lowest BCUT2D eigenvalue weighted by atomic mass is 9.73. The van der Waals surface area contributed by atoms with Gasteiger partial charge in [-0.15, -0.1) is 0 Å². The quantitative estimate of drug-likeness (QED) is 0.413. The molecule has 7 nitrogen and oxygen atoms in total. The summed E-state index contributed by atoms with van der Waals surface area (Å²) in [6.45, 7) is 3.85. The highest BCUT2D eigenvalue weighted by molar-refractivity contribution is 5.71. The van der Waals surface area contributed by atoms with E-state index in [1.165, 1.54) is 12.8 Å². The molecule has 182 valence electrons. The first-order valence-electron chi connectivity index (χ1n) is 12.4. The van der Waals surface area contributed by atoms with E-state index < -0.39 is 11.6 Å². The Labute approximate surface area is 205 Å². The maximum atomic E-state index is 11.3. The molecule has 2 aromatic heterocycles. The molecule has 7 heteroatoms. The smallest absolute Gasteiger partial charge is 0.306 e. The zero-order valence-corrected chi connectivity index (χ0v) is 20.2. The normalized spacial score (nSPS) is 21.8. The molecule has 2 aliphatic carbocycles. The Balaban J connectivity index is 1.32. The van der Waals surface area contributed by atoms with Crippen LogP contribution in [0.15, 0.2) is 48.8 Å². The van der Waals surface area contributed by atoms with Gasteiger partial charge in [0, 0.05) is 35.3 Å². The van der Waals surface area contributed by atoms with Gasteiger partial charge in [-0.3, -0.25) is 9.78 Å². The zero-order chi connectivity index (χ0) is 24.6. The summed E-state index contributed by atoms with van der Waals surface area (Å²) in [5, 5.41) is 23.9. The molecule has 35 heavy (non-hydrogen) atoms. The van der Waals surface area contributed by atoms with Crippen molar-refractivity contribution >= 4 is 17.6 Å². The van der Waals surface area contributed by atoms with Gasteiger partial charge in [-0.2, -0.15) is 0 Å². The molecule has 0 amide bonds. The zero-order valence-electron chi connectivity index (χ0n) is 20.2. The number of hydrogen-bond donors (Lipinski definition) is 3. The van der Waals surface area contributed by atoms with Gasteiger partial charge < -0.3 is 15.5 Å². The topological polar surface area (TPSA) is 108 Å². The summed E-state index contributed by atoms with van der Waals surface area (Å²) < 4.78 is 0. The molecule has 3 aromatic rings. The molecule has 2 aliphatic rings. The summed E-state index contributed by atoms with van der Waals surface area (Å²) in [5.74, 6) is 0.134. The van der Waals surface area contributed by atoms with Crippen molar-refractivity contribution in [2.45, 2.75) is 63.9 Å². The van der Waals surface area contributed by atoms with E-state index in [1.807, 2.05) is 24.4 Å². The van der Waals surface area contributed by atoms with Crippen molar-refractivity contribution < 1.29 is 15.0 Å². The molecule has 3 N–H and O–H groups in total. The summed E-state index contributed by atoms with van der Waals surface area (Å²) in [7, 11) is 0. The Hall–Kier alpha value is -3.32.